The van der Waals surface area contributed by atoms with Gasteiger partial charge in [0, 0.05) is 33.5 Å². The van der Waals surface area contributed by atoms with Gasteiger partial charge in [-0.3, -0.25) is 0 Å². The molecule has 0 unspecified atom stereocenters. The summed E-state index contributed by atoms with van der Waals surface area (Å²) in [6.45, 7) is 0. The molecule has 2 nitrogen and oxygen atoms in total. The summed E-state index contributed by atoms with van der Waals surface area (Å²) < 4.78 is 2.40. The first-order valence-corrected chi connectivity index (χ1v) is 22.7. The van der Waals surface area contributed by atoms with Gasteiger partial charge in [-0.05, 0) is 149 Å². The minimum atomic E-state index is 1.09. The van der Waals surface area contributed by atoms with Gasteiger partial charge in [0.15, 0.2) is 0 Å². The molecule has 13 aromatic rings. The molecule has 0 saturated heterocycles. The molecule has 0 bridgehead atoms. The third kappa shape index (κ3) is 6.26. The van der Waals surface area contributed by atoms with Crippen LogP contribution in [0, 0.1) is 0 Å². The molecular formula is C64H42N2. The van der Waals surface area contributed by atoms with Gasteiger partial charge >= 0.3 is 0 Å². The van der Waals surface area contributed by atoms with E-state index in [9.17, 15) is 0 Å². The second-order valence-electron chi connectivity index (χ2n) is 17.3. The SMILES string of the molecule is c1ccc(-c2ccc(N(c3ccc(-c4ccc5c(c4)c4cc(-c6cccc7ccccc67)ccc4n5-c4ccccc4)cc3)c3ccc4c5ccccc5c5ccccc5c4c3)cc2)cc1. The van der Waals surface area contributed by atoms with Crippen molar-refractivity contribution in [3.63, 3.8) is 0 Å². The van der Waals surface area contributed by atoms with E-state index in [-0.39, 0.29) is 0 Å². The van der Waals surface area contributed by atoms with Crippen LogP contribution in [0.25, 0.3) is 104 Å². The predicted octanol–water partition coefficient (Wildman–Crippen LogP) is 17.9. The Labute approximate surface area is 383 Å². The summed E-state index contributed by atoms with van der Waals surface area (Å²) in [5, 5.41) is 12.6. The fourth-order valence-electron chi connectivity index (χ4n) is 10.4. The maximum atomic E-state index is 2.40. The predicted molar refractivity (Wildman–Crippen MR) is 282 cm³/mol. The van der Waals surface area contributed by atoms with Gasteiger partial charge in [0.2, 0.25) is 0 Å². The summed E-state index contributed by atoms with van der Waals surface area (Å²) in [5.41, 5.74) is 14.0. The van der Waals surface area contributed by atoms with E-state index in [4.69, 9.17) is 0 Å². The van der Waals surface area contributed by atoms with Crippen LogP contribution < -0.4 is 4.90 Å². The van der Waals surface area contributed by atoms with Crippen LogP contribution in [-0.4, -0.2) is 4.57 Å². The molecule has 2 heteroatoms. The summed E-state index contributed by atoms with van der Waals surface area (Å²) in [7, 11) is 0. The Kier molecular flexibility index (Phi) is 8.89. The molecule has 0 saturated carbocycles. The van der Waals surface area contributed by atoms with Gasteiger partial charge < -0.3 is 9.47 Å². The topological polar surface area (TPSA) is 8.17 Å². The Morgan fingerprint density at radius 1 is 0.242 bits per heavy atom. The molecule has 12 aromatic carbocycles. The molecule has 66 heavy (non-hydrogen) atoms. The number of hydrogen-bond donors (Lipinski definition) is 0. The fraction of sp³-hybridized carbons (Fsp3) is 0. The van der Waals surface area contributed by atoms with E-state index in [1.165, 1.54) is 98.3 Å². The van der Waals surface area contributed by atoms with Gasteiger partial charge in [0.05, 0.1) is 11.0 Å². The van der Waals surface area contributed by atoms with Crippen LogP contribution >= 0.6 is 0 Å². The first kappa shape index (κ1) is 37.8. The van der Waals surface area contributed by atoms with Crippen LogP contribution in [0.3, 0.4) is 0 Å². The van der Waals surface area contributed by atoms with Crippen molar-refractivity contribution < 1.29 is 0 Å². The normalized spacial score (nSPS) is 11.6. The number of fused-ring (bicyclic) bond motifs is 10. The van der Waals surface area contributed by atoms with Crippen LogP contribution in [0.5, 0.6) is 0 Å². The van der Waals surface area contributed by atoms with Crippen molar-refractivity contribution in [2.75, 3.05) is 4.90 Å². The van der Waals surface area contributed by atoms with Crippen molar-refractivity contribution in [3.05, 3.63) is 255 Å². The van der Waals surface area contributed by atoms with Crippen LogP contribution in [-0.2, 0) is 0 Å². The molecule has 0 radical (unpaired) electrons. The molecule has 0 aliphatic heterocycles. The van der Waals surface area contributed by atoms with E-state index in [0.29, 0.717) is 0 Å². The average Bonchev–Trinajstić information content (AvgIpc) is 3.72. The lowest BCUT2D eigenvalue weighted by Gasteiger charge is -2.26. The monoisotopic (exact) mass is 838 g/mol. The zero-order valence-electron chi connectivity index (χ0n) is 36.1. The van der Waals surface area contributed by atoms with Crippen molar-refractivity contribution in [2.24, 2.45) is 0 Å². The lowest BCUT2D eigenvalue weighted by Crippen LogP contribution is -2.10. The van der Waals surface area contributed by atoms with Crippen molar-refractivity contribution >= 4 is 82.0 Å². The molecule has 1 heterocycles. The molecular weight excluding hydrogens is 797 g/mol. The number of benzene rings is 12. The highest BCUT2D eigenvalue weighted by Gasteiger charge is 2.18. The molecule has 0 amide bonds. The summed E-state index contributed by atoms with van der Waals surface area (Å²) >= 11 is 0. The Bertz CT molecular complexity index is 3920. The Morgan fingerprint density at radius 3 is 1.32 bits per heavy atom. The third-order valence-electron chi connectivity index (χ3n) is 13.6. The van der Waals surface area contributed by atoms with Crippen LogP contribution in [0.1, 0.15) is 0 Å². The lowest BCUT2D eigenvalue weighted by molar-refractivity contribution is 1.18. The summed E-state index contributed by atoms with van der Waals surface area (Å²) in [4.78, 5) is 2.40. The van der Waals surface area contributed by atoms with E-state index in [2.05, 4.69) is 264 Å². The van der Waals surface area contributed by atoms with Gasteiger partial charge in [0.1, 0.15) is 0 Å². The number of para-hydroxylation sites is 1. The van der Waals surface area contributed by atoms with Crippen LogP contribution in [0.4, 0.5) is 17.1 Å². The van der Waals surface area contributed by atoms with Crippen molar-refractivity contribution in [2.45, 2.75) is 0 Å². The Balaban J connectivity index is 0.951. The fourth-order valence-corrected chi connectivity index (χ4v) is 10.4. The second kappa shape index (κ2) is 15.5. The van der Waals surface area contributed by atoms with E-state index in [0.717, 1.165) is 22.7 Å². The second-order valence-corrected chi connectivity index (χ2v) is 17.3. The standard InChI is InChI=1S/C64H42N2/c1-3-14-43(15-4-1)44-26-32-50(33-27-44)65(52-36-37-59-57-23-10-9-21-55(57)56-22-11-12-24-58(56)60(59)42-52)51-34-28-45(29-35-51)47-30-38-63-61(40-47)62-41-48(54-25-13-17-46-16-7-8-20-53(46)54)31-39-64(62)66(63)49-18-5-2-6-19-49/h1-42H. The molecule has 0 aliphatic carbocycles. The first-order chi connectivity index (χ1) is 32.7. The third-order valence-corrected chi connectivity index (χ3v) is 13.6. The minimum absolute atomic E-state index is 1.09. The lowest BCUT2D eigenvalue weighted by atomic mass is 9.94. The van der Waals surface area contributed by atoms with Crippen molar-refractivity contribution in [1.82, 2.24) is 4.57 Å². The zero-order chi connectivity index (χ0) is 43.6. The highest BCUT2D eigenvalue weighted by Crippen LogP contribution is 2.43. The van der Waals surface area contributed by atoms with Gasteiger partial charge in [-0.25, -0.2) is 0 Å². The van der Waals surface area contributed by atoms with Gasteiger partial charge in [0.25, 0.3) is 0 Å². The van der Waals surface area contributed by atoms with E-state index >= 15 is 0 Å². The maximum Gasteiger partial charge on any atom is 0.0541 e. The number of rotatable bonds is 7. The highest BCUT2D eigenvalue weighted by atomic mass is 15.1. The number of anilines is 3. The highest BCUT2D eigenvalue weighted by molar-refractivity contribution is 6.26. The first-order valence-electron chi connectivity index (χ1n) is 22.7. The smallest absolute Gasteiger partial charge is 0.0541 e. The molecule has 1 aromatic heterocycles. The Morgan fingerprint density at radius 2 is 0.682 bits per heavy atom. The average molecular weight is 839 g/mol. The number of nitrogens with zero attached hydrogens (tertiary/aromatic N) is 2. The van der Waals surface area contributed by atoms with E-state index in [1.807, 2.05) is 0 Å². The molecule has 0 atom stereocenters. The van der Waals surface area contributed by atoms with Crippen molar-refractivity contribution in [1.29, 1.82) is 0 Å². The van der Waals surface area contributed by atoms with Gasteiger partial charge in [-0.2, -0.15) is 0 Å². The molecule has 0 N–H and O–H groups in total. The van der Waals surface area contributed by atoms with Crippen LogP contribution in [0.15, 0.2) is 255 Å². The molecule has 0 spiro atoms. The summed E-state index contributed by atoms with van der Waals surface area (Å²) in [6.07, 6.45) is 0. The zero-order valence-corrected chi connectivity index (χ0v) is 36.1. The quantitative estimate of drug-likeness (QED) is 0.145. The largest absolute Gasteiger partial charge is 0.310 e. The Hall–Kier alpha value is -8.72. The molecule has 0 aliphatic rings. The molecule has 0 fully saturated rings. The summed E-state index contributed by atoms with van der Waals surface area (Å²) in [5.74, 6) is 0. The van der Waals surface area contributed by atoms with Gasteiger partial charge in [-0.1, -0.05) is 182 Å². The van der Waals surface area contributed by atoms with E-state index < -0.39 is 0 Å². The van der Waals surface area contributed by atoms with Crippen LogP contribution in [0.2, 0.25) is 0 Å². The van der Waals surface area contributed by atoms with E-state index in [1.54, 1.807) is 0 Å². The molecule has 308 valence electrons. The maximum absolute atomic E-state index is 2.40. The van der Waals surface area contributed by atoms with Gasteiger partial charge in [-0.15, -0.1) is 0 Å². The molecule has 13 rings (SSSR count). The summed E-state index contributed by atoms with van der Waals surface area (Å²) in [6, 6.07) is 93.2. The number of aromatic nitrogens is 1. The number of hydrogen-bond acceptors (Lipinski definition) is 1. The minimum Gasteiger partial charge on any atom is -0.310 e. The van der Waals surface area contributed by atoms with Crippen molar-refractivity contribution in [3.8, 4) is 39.1 Å².